The van der Waals surface area contributed by atoms with Gasteiger partial charge in [0.15, 0.2) is 5.79 Å². The van der Waals surface area contributed by atoms with Gasteiger partial charge in [0.05, 0.1) is 25.8 Å². The number of benzene rings is 1. The van der Waals surface area contributed by atoms with Gasteiger partial charge < -0.3 is 14.2 Å². The molecule has 1 aliphatic rings. The van der Waals surface area contributed by atoms with E-state index in [4.69, 9.17) is 14.2 Å². The summed E-state index contributed by atoms with van der Waals surface area (Å²) < 4.78 is 17.0. The second-order valence-corrected chi connectivity index (χ2v) is 4.54. The lowest BCUT2D eigenvalue weighted by Crippen LogP contribution is -2.26. The van der Waals surface area contributed by atoms with E-state index in [0.717, 1.165) is 28.6 Å². The minimum absolute atomic E-state index is 0.629. The van der Waals surface area contributed by atoms with E-state index in [1.54, 1.807) is 13.3 Å². The van der Waals surface area contributed by atoms with Gasteiger partial charge in [0, 0.05) is 29.6 Å². The Morgan fingerprint density at radius 1 is 1.26 bits per heavy atom. The van der Waals surface area contributed by atoms with E-state index in [2.05, 4.69) is 11.9 Å². The molecule has 0 saturated carbocycles. The van der Waals surface area contributed by atoms with Crippen molar-refractivity contribution in [2.45, 2.75) is 19.1 Å². The maximum Gasteiger partial charge on any atom is 0.195 e. The molecule has 0 aliphatic carbocycles. The predicted molar refractivity (Wildman–Crippen MR) is 72.2 cm³/mol. The standard InChI is InChI=1S/C15H17NO3/c1-3-15(18-8-9-19-15)13-6-7-16-14-10-11(17-2)4-5-12(13)14/h4-7,10H,3,8-9H2,1-2H3. The molecule has 1 fully saturated rings. The zero-order chi connectivity index (χ0) is 13.3. The van der Waals surface area contributed by atoms with Gasteiger partial charge in [0.25, 0.3) is 0 Å². The van der Waals surface area contributed by atoms with Crippen LogP contribution in [-0.2, 0) is 15.3 Å². The largest absolute Gasteiger partial charge is 0.497 e. The van der Waals surface area contributed by atoms with Crippen LogP contribution in [0.3, 0.4) is 0 Å². The number of ether oxygens (including phenoxy) is 3. The van der Waals surface area contributed by atoms with E-state index in [-0.39, 0.29) is 0 Å². The molecule has 0 N–H and O–H groups in total. The van der Waals surface area contributed by atoms with Crippen LogP contribution < -0.4 is 4.74 Å². The first-order valence-corrected chi connectivity index (χ1v) is 6.50. The van der Waals surface area contributed by atoms with Crippen molar-refractivity contribution in [3.05, 3.63) is 36.0 Å². The van der Waals surface area contributed by atoms with E-state index in [0.29, 0.717) is 13.2 Å². The normalized spacial score (nSPS) is 17.8. The third kappa shape index (κ3) is 1.97. The Bertz CT molecular complexity index is 591. The minimum atomic E-state index is -0.629. The van der Waals surface area contributed by atoms with Gasteiger partial charge >= 0.3 is 0 Å². The molecule has 1 aliphatic heterocycles. The summed E-state index contributed by atoms with van der Waals surface area (Å²) in [7, 11) is 1.65. The third-order valence-electron chi connectivity index (χ3n) is 3.58. The number of hydrogen-bond acceptors (Lipinski definition) is 4. The average molecular weight is 259 g/mol. The lowest BCUT2D eigenvalue weighted by Gasteiger charge is -2.27. The molecule has 3 rings (SSSR count). The quantitative estimate of drug-likeness (QED) is 0.849. The van der Waals surface area contributed by atoms with Gasteiger partial charge in [-0.1, -0.05) is 6.92 Å². The zero-order valence-corrected chi connectivity index (χ0v) is 11.2. The summed E-state index contributed by atoms with van der Waals surface area (Å²) in [5.41, 5.74) is 1.93. The fraction of sp³-hybridized carbons (Fsp3) is 0.400. The summed E-state index contributed by atoms with van der Waals surface area (Å²) in [5, 5.41) is 1.05. The molecule has 0 bridgehead atoms. The van der Waals surface area contributed by atoms with E-state index in [1.165, 1.54) is 0 Å². The van der Waals surface area contributed by atoms with E-state index in [9.17, 15) is 0 Å². The molecule has 100 valence electrons. The molecule has 0 atom stereocenters. The van der Waals surface area contributed by atoms with Crippen LogP contribution in [0.25, 0.3) is 10.9 Å². The van der Waals surface area contributed by atoms with Gasteiger partial charge in [0.1, 0.15) is 5.75 Å². The lowest BCUT2D eigenvalue weighted by molar-refractivity contribution is -0.166. The number of rotatable bonds is 3. The van der Waals surface area contributed by atoms with Crippen molar-refractivity contribution in [1.29, 1.82) is 0 Å². The third-order valence-corrected chi connectivity index (χ3v) is 3.58. The molecule has 0 spiro atoms. The summed E-state index contributed by atoms with van der Waals surface area (Å²) in [5.74, 6) is 0.173. The first kappa shape index (κ1) is 12.4. The summed E-state index contributed by atoms with van der Waals surface area (Å²) in [6.07, 6.45) is 2.57. The van der Waals surface area contributed by atoms with E-state index in [1.807, 2.05) is 24.3 Å². The summed E-state index contributed by atoms with van der Waals surface area (Å²) in [6, 6.07) is 7.85. The number of methoxy groups -OCH3 is 1. The van der Waals surface area contributed by atoms with Crippen molar-refractivity contribution in [3.8, 4) is 5.75 Å². The Morgan fingerprint density at radius 3 is 2.74 bits per heavy atom. The van der Waals surface area contributed by atoms with Gasteiger partial charge in [-0.25, -0.2) is 0 Å². The van der Waals surface area contributed by atoms with Crippen LogP contribution in [0.4, 0.5) is 0 Å². The molecular formula is C15H17NO3. The number of nitrogens with zero attached hydrogens (tertiary/aromatic N) is 1. The molecule has 0 unspecified atom stereocenters. The highest BCUT2D eigenvalue weighted by atomic mass is 16.7. The van der Waals surface area contributed by atoms with Crippen LogP contribution in [0.2, 0.25) is 0 Å². The summed E-state index contributed by atoms with van der Waals surface area (Å²) in [4.78, 5) is 4.40. The highest BCUT2D eigenvalue weighted by molar-refractivity contribution is 5.84. The summed E-state index contributed by atoms with van der Waals surface area (Å²) in [6.45, 7) is 3.34. The predicted octanol–water partition coefficient (Wildman–Crippen LogP) is 2.85. The zero-order valence-electron chi connectivity index (χ0n) is 11.2. The number of fused-ring (bicyclic) bond motifs is 1. The van der Waals surface area contributed by atoms with Gasteiger partial charge in [-0.2, -0.15) is 0 Å². The fourth-order valence-electron chi connectivity index (χ4n) is 2.59. The van der Waals surface area contributed by atoms with Crippen molar-refractivity contribution in [3.63, 3.8) is 0 Å². The van der Waals surface area contributed by atoms with E-state index >= 15 is 0 Å². The monoisotopic (exact) mass is 259 g/mol. The molecular weight excluding hydrogens is 242 g/mol. The minimum Gasteiger partial charge on any atom is -0.497 e. The molecule has 2 heterocycles. The van der Waals surface area contributed by atoms with Crippen LogP contribution >= 0.6 is 0 Å². The Morgan fingerprint density at radius 2 is 2.05 bits per heavy atom. The molecule has 19 heavy (non-hydrogen) atoms. The Balaban J connectivity index is 2.18. The van der Waals surface area contributed by atoms with Crippen LogP contribution in [-0.4, -0.2) is 25.3 Å². The van der Waals surface area contributed by atoms with Gasteiger partial charge in [-0.15, -0.1) is 0 Å². The fourth-order valence-corrected chi connectivity index (χ4v) is 2.59. The molecule has 1 aromatic heterocycles. The molecule has 0 radical (unpaired) electrons. The highest BCUT2D eigenvalue weighted by Crippen LogP contribution is 2.38. The lowest BCUT2D eigenvalue weighted by atomic mass is 9.99. The van der Waals surface area contributed by atoms with Crippen LogP contribution in [0.15, 0.2) is 30.5 Å². The average Bonchev–Trinajstić information content (AvgIpc) is 2.96. The first-order chi connectivity index (χ1) is 9.29. The number of hydrogen-bond donors (Lipinski definition) is 0. The topological polar surface area (TPSA) is 40.6 Å². The van der Waals surface area contributed by atoms with Gasteiger partial charge in [-0.3, -0.25) is 4.98 Å². The summed E-state index contributed by atoms with van der Waals surface area (Å²) >= 11 is 0. The molecule has 2 aromatic rings. The van der Waals surface area contributed by atoms with Gasteiger partial charge in [-0.05, 0) is 18.2 Å². The Labute approximate surface area is 112 Å². The highest BCUT2D eigenvalue weighted by Gasteiger charge is 2.38. The Hall–Kier alpha value is -1.65. The molecule has 1 saturated heterocycles. The number of aromatic nitrogens is 1. The Kier molecular flexibility index (Phi) is 3.12. The van der Waals surface area contributed by atoms with Crippen molar-refractivity contribution < 1.29 is 14.2 Å². The number of pyridine rings is 1. The smallest absolute Gasteiger partial charge is 0.195 e. The maximum atomic E-state index is 5.86. The second-order valence-electron chi connectivity index (χ2n) is 4.54. The van der Waals surface area contributed by atoms with Gasteiger partial charge in [0.2, 0.25) is 0 Å². The molecule has 4 nitrogen and oxygen atoms in total. The van der Waals surface area contributed by atoms with Crippen LogP contribution in [0.5, 0.6) is 5.75 Å². The van der Waals surface area contributed by atoms with Crippen molar-refractivity contribution in [2.24, 2.45) is 0 Å². The molecule has 4 heteroatoms. The van der Waals surface area contributed by atoms with Crippen molar-refractivity contribution in [2.75, 3.05) is 20.3 Å². The second kappa shape index (κ2) is 4.79. The SMILES string of the molecule is CCC1(c2ccnc3cc(OC)ccc23)OCCO1. The molecule has 0 amide bonds. The van der Waals surface area contributed by atoms with Crippen LogP contribution in [0, 0.1) is 0 Å². The van der Waals surface area contributed by atoms with E-state index < -0.39 is 5.79 Å². The van der Waals surface area contributed by atoms with Crippen LogP contribution in [0.1, 0.15) is 18.9 Å². The molecule has 1 aromatic carbocycles. The van der Waals surface area contributed by atoms with Crippen molar-refractivity contribution >= 4 is 10.9 Å². The first-order valence-electron chi connectivity index (χ1n) is 6.50. The van der Waals surface area contributed by atoms with Crippen molar-refractivity contribution in [1.82, 2.24) is 4.98 Å². The maximum absolute atomic E-state index is 5.86.